The van der Waals surface area contributed by atoms with Crippen LogP contribution in [-0.2, 0) is 9.53 Å². The van der Waals surface area contributed by atoms with Gasteiger partial charge in [0.25, 0.3) is 0 Å². The molecule has 1 unspecified atom stereocenters. The first-order valence-corrected chi connectivity index (χ1v) is 11.4. The number of hydrogen-bond acceptors (Lipinski definition) is 6. The summed E-state index contributed by atoms with van der Waals surface area (Å²) in [4.78, 5) is 18.9. The van der Waals surface area contributed by atoms with Gasteiger partial charge in [-0.2, -0.15) is 0 Å². The first-order valence-electron chi connectivity index (χ1n) is 10.5. The number of hydrogen-bond donors (Lipinski definition) is 0. The average molecular weight is 455 g/mol. The van der Waals surface area contributed by atoms with Crippen molar-refractivity contribution in [3.8, 4) is 5.00 Å². The molecule has 1 aliphatic heterocycles. The Kier molecular flexibility index (Phi) is 5.53. The number of rotatable bonds is 3. The van der Waals surface area contributed by atoms with Crippen molar-refractivity contribution in [3.05, 3.63) is 62.8 Å². The standard InChI is InChI=1S/C24H27FN4O2S/c1-12-8-9-16(10-17(12)25)21-20-13(2)14(3)32-23(20)29-15(4)27-28-22(29)18(26-21)11-19(30)31-24(5,6)7/h8-10,18H,11H2,1-7H3. The molecule has 4 rings (SSSR count). The van der Waals surface area contributed by atoms with Crippen molar-refractivity contribution in [3.63, 3.8) is 0 Å². The van der Waals surface area contributed by atoms with Crippen LogP contribution < -0.4 is 0 Å². The molecule has 32 heavy (non-hydrogen) atoms. The Balaban J connectivity index is 1.93. The fourth-order valence-corrected chi connectivity index (χ4v) is 5.02. The van der Waals surface area contributed by atoms with Gasteiger partial charge < -0.3 is 4.74 Å². The Hall–Kier alpha value is -2.87. The highest BCUT2D eigenvalue weighted by Crippen LogP contribution is 2.39. The summed E-state index contributed by atoms with van der Waals surface area (Å²) in [5.41, 5.74) is 3.28. The number of benzene rings is 1. The van der Waals surface area contributed by atoms with Crippen LogP contribution in [0.3, 0.4) is 0 Å². The summed E-state index contributed by atoms with van der Waals surface area (Å²) in [5, 5.41) is 9.58. The first kappa shape index (κ1) is 22.3. The normalized spacial score (nSPS) is 15.6. The Morgan fingerprint density at radius 1 is 1.19 bits per heavy atom. The molecule has 2 aromatic heterocycles. The minimum absolute atomic E-state index is 0.0141. The largest absolute Gasteiger partial charge is 0.460 e. The van der Waals surface area contributed by atoms with Crippen LogP contribution in [0.2, 0.25) is 0 Å². The molecule has 3 aromatic rings. The van der Waals surface area contributed by atoms with Crippen LogP contribution in [0.1, 0.15) is 72.0 Å². The van der Waals surface area contributed by atoms with Gasteiger partial charge in [0.1, 0.15) is 28.3 Å². The average Bonchev–Trinajstić information content (AvgIpc) is 3.15. The quantitative estimate of drug-likeness (QED) is 0.502. The summed E-state index contributed by atoms with van der Waals surface area (Å²) in [6.07, 6.45) is 0.0141. The summed E-state index contributed by atoms with van der Waals surface area (Å²) >= 11 is 1.62. The van der Waals surface area contributed by atoms with E-state index in [4.69, 9.17) is 9.73 Å². The third-order valence-electron chi connectivity index (χ3n) is 5.46. The molecule has 0 amide bonds. The topological polar surface area (TPSA) is 69.4 Å². The van der Waals surface area contributed by atoms with Gasteiger partial charge in [-0.05, 0) is 65.7 Å². The third kappa shape index (κ3) is 3.99. The molecule has 0 bridgehead atoms. The lowest BCUT2D eigenvalue weighted by Gasteiger charge is -2.21. The van der Waals surface area contributed by atoms with E-state index < -0.39 is 11.6 Å². The van der Waals surface area contributed by atoms with Gasteiger partial charge in [-0.15, -0.1) is 21.5 Å². The molecule has 1 aliphatic rings. The van der Waals surface area contributed by atoms with E-state index in [1.807, 2.05) is 45.3 Å². The van der Waals surface area contributed by atoms with E-state index in [-0.39, 0.29) is 18.2 Å². The number of esters is 1. The molecule has 0 radical (unpaired) electrons. The van der Waals surface area contributed by atoms with Gasteiger partial charge >= 0.3 is 5.97 Å². The molecule has 8 heteroatoms. The summed E-state index contributed by atoms with van der Waals surface area (Å²) < 4.78 is 22.0. The highest BCUT2D eigenvalue weighted by atomic mass is 32.1. The fraction of sp³-hybridized carbons (Fsp3) is 0.417. The Morgan fingerprint density at radius 3 is 2.56 bits per heavy atom. The van der Waals surface area contributed by atoms with E-state index in [1.165, 1.54) is 6.07 Å². The van der Waals surface area contributed by atoms with Crippen molar-refractivity contribution in [2.45, 2.75) is 66.5 Å². The SMILES string of the molecule is Cc1ccc(C2=NC(CC(=O)OC(C)(C)C)c3nnc(C)n3-c3sc(C)c(C)c32)cc1F. The molecule has 168 valence electrons. The lowest BCUT2D eigenvalue weighted by atomic mass is 9.98. The molecular formula is C24H27FN4O2S. The van der Waals surface area contributed by atoms with Gasteiger partial charge in [0.05, 0.1) is 12.1 Å². The van der Waals surface area contributed by atoms with E-state index >= 15 is 0 Å². The van der Waals surface area contributed by atoms with Crippen LogP contribution in [0.25, 0.3) is 5.00 Å². The molecule has 0 fully saturated rings. The van der Waals surface area contributed by atoms with Crippen molar-refractivity contribution >= 4 is 23.0 Å². The summed E-state index contributed by atoms with van der Waals surface area (Å²) in [6.45, 7) is 13.2. The van der Waals surface area contributed by atoms with Gasteiger partial charge in [-0.25, -0.2) is 4.39 Å². The predicted molar refractivity (Wildman–Crippen MR) is 123 cm³/mol. The number of aryl methyl sites for hydroxylation is 3. The van der Waals surface area contributed by atoms with Crippen LogP contribution in [-0.4, -0.2) is 32.0 Å². The zero-order valence-corrected chi connectivity index (χ0v) is 20.2. The summed E-state index contributed by atoms with van der Waals surface area (Å²) in [6, 6.07) is 4.52. The smallest absolute Gasteiger partial charge is 0.308 e. The maximum Gasteiger partial charge on any atom is 0.308 e. The van der Waals surface area contributed by atoms with E-state index in [2.05, 4.69) is 17.1 Å². The summed E-state index contributed by atoms with van der Waals surface area (Å²) in [5.74, 6) is 0.632. The number of thiophene rings is 1. The van der Waals surface area contributed by atoms with Crippen molar-refractivity contribution < 1.29 is 13.9 Å². The predicted octanol–water partition coefficient (Wildman–Crippen LogP) is 5.33. The summed E-state index contributed by atoms with van der Waals surface area (Å²) in [7, 11) is 0. The van der Waals surface area contributed by atoms with Gasteiger partial charge in [-0.1, -0.05) is 12.1 Å². The number of carbonyl (C=O) groups excluding carboxylic acids is 1. The van der Waals surface area contributed by atoms with Gasteiger partial charge in [0.15, 0.2) is 5.82 Å². The maximum atomic E-state index is 14.5. The van der Waals surface area contributed by atoms with E-state index in [1.54, 1.807) is 24.3 Å². The number of aromatic nitrogens is 3. The van der Waals surface area contributed by atoms with Crippen molar-refractivity contribution in [2.24, 2.45) is 4.99 Å². The zero-order valence-electron chi connectivity index (χ0n) is 19.4. The molecule has 1 atom stereocenters. The Morgan fingerprint density at radius 2 is 1.91 bits per heavy atom. The third-order valence-corrected chi connectivity index (χ3v) is 6.66. The molecule has 6 nitrogen and oxygen atoms in total. The van der Waals surface area contributed by atoms with Crippen LogP contribution in [0.5, 0.6) is 0 Å². The van der Waals surface area contributed by atoms with E-state index in [0.29, 0.717) is 28.5 Å². The second kappa shape index (κ2) is 7.92. The first-order chi connectivity index (χ1) is 15.0. The molecule has 3 heterocycles. The van der Waals surface area contributed by atoms with Crippen LogP contribution in [0.15, 0.2) is 23.2 Å². The number of nitrogens with zero attached hydrogens (tertiary/aromatic N) is 4. The molecule has 0 saturated carbocycles. The molecule has 0 spiro atoms. The molecular weight excluding hydrogens is 427 g/mol. The molecule has 0 N–H and O–H groups in total. The van der Waals surface area contributed by atoms with Gasteiger partial charge in [0, 0.05) is 16.0 Å². The maximum absolute atomic E-state index is 14.5. The monoisotopic (exact) mass is 454 g/mol. The highest BCUT2D eigenvalue weighted by molar-refractivity contribution is 7.15. The van der Waals surface area contributed by atoms with Gasteiger partial charge in [0.2, 0.25) is 0 Å². The zero-order chi connectivity index (χ0) is 23.4. The van der Waals surface area contributed by atoms with Gasteiger partial charge in [-0.3, -0.25) is 14.4 Å². The van der Waals surface area contributed by atoms with Crippen LogP contribution in [0, 0.1) is 33.5 Å². The molecule has 1 aromatic carbocycles. The second-order valence-electron chi connectivity index (χ2n) is 9.15. The van der Waals surface area contributed by atoms with Crippen molar-refractivity contribution in [1.29, 1.82) is 0 Å². The number of carbonyl (C=O) groups is 1. The van der Waals surface area contributed by atoms with Crippen LogP contribution >= 0.6 is 11.3 Å². The minimum Gasteiger partial charge on any atom is -0.460 e. The Bertz CT molecular complexity index is 1250. The fourth-order valence-electron chi connectivity index (χ4n) is 3.81. The number of ether oxygens (including phenoxy) is 1. The van der Waals surface area contributed by atoms with Crippen LogP contribution in [0.4, 0.5) is 4.39 Å². The molecule has 0 saturated heterocycles. The lowest BCUT2D eigenvalue weighted by molar-refractivity contribution is -0.155. The van der Waals surface area contributed by atoms with E-state index in [0.717, 1.165) is 21.0 Å². The number of aliphatic imine (C=N–C) groups is 1. The molecule has 0 aliphatic carbocycles. The highest BCUT2D eigenvalue weighted by Gasteiger charge is 2.33. The number of halogens is 1. The second-order valence-corrected chi connectivity index (χ2v) is 10.4. The van der Waals surface area contributed by atoms with E-state index in [9.17, 15) is 9.18 Å². The number of fused-ring (bicyclic) bond motifs is 3. The minimum atomic E-state index is -0.607. The van der Waals surface area contributed by atoms with Crippen molar-refractivity contribution in [2.75, 3.05) is 0 Å². The lowest BCUT2D eigenvalue weighted by Crippen LogP contribution is -2.25. The van der Waals surface area contributed by atoms with Crippen molar-refractivity contribution in [1.82, 2.24) is 14.8 Å². The Labute approximate surface area is 191 Å².